The molecule has 0 aliphatic carbocycles. The first-order chi connectivity index (χ1) is 6.24. The van der Waals surface area contributed by atoms with E-state index in [2.05, 4.69) is 0 Å². The smallest absolute Gasteiger partial charge is 0.193 e. The van der Waals surface area contributed by atoms with Crippen LogP contribution >= 0.6 is 11.6 Å². The van der Waals surface area contributed by atoms with E-state index in [9.17, 15) is 5.11 Å². The second-order valence-corrected chi connectivity index (χ2v) is 3.11. The van der Waals surface area contributed by atoms with Gasteiger partial charge in [-0.1, -0.05) is 6.92 Å². The van der Waals surface area contributed by atoms with Crippen LogP contribution in [0.3, 0.4) is 0 Å². The highest BCUT2D eigenvalue weighted by atomic mass is 35.5. The van der Waals surface area contributed by atoms with Crippen molar-refractivity contribution in [1.82, 2.24) is 0 Å². The molecule has 1 rings (SSSR count). The van der Waals surface area contributed by atoms with Crippen LogP contribution in [0, 0.1) is 0 Å². The highest BCUT2D eigenvalue weighted by Gasteiger charge is 2.11. The van der Waals surface area contributed by atoms with E-state index < -0.39 is 6.10 Å². The maximum atomic E-state index is 9.48. The van der Waals surface area contributed by atoms with Crippen molar-refractivity contribution >= 4 is 11.6 Å². The van der Waals surface area contributed by atoms with Gasteiger partial charge in [-0.05, 0) is 30.2 Å². The molecule has 1 N–H and O–H groups in total. The third kappa shape index (κ3) is 3.38. The molecule has 0 spiro atoms. The second-order valence-electron chi connectivity index (χ2n) is 2.73. The summed E-state index contributed by atoms with van der Waals surface area (Å²) in [7, 11) is 0. The summed E-state index contributed by atoms with van der Waals surface area (Å²) >= 11 is 5.55. The van der Waals surface area contributed by atoms with Gasteiger partial charge in [-0.2, -0.15) is 0 Å². The predicted octanol–water partition coefficient (Wildman–Crippen LogP) is 2.39. The Kier molecular flexibility index (Phi) is 4.28. The molecule has 4 heteroatoms. The van der Waals surface area contributed by atoms with Gasteiger partial charge in [0.15, 0.2) is 5.22 Å². The monoisotopic (exact) mass is 204 g/mol. The highest BCUT2D eigenvalue weighted by molar-refractivity contribution is 6.28. The average molecular weight is 205 g/mol. The largest absolute Gasteiger partial charge is 0.447 e. The lowest BCUT2D eigenvalue weighted by Crippen LogP contribution is -2.06. The zero-order chi connectivity index (χ0) is 9.68. The standard InChI is InChI=1S/C9H13ClO3/c1-2-5-12-6-7(11)8-3-4-9(10)13-8/h3-4,7,11H,2,5-6H2,1H3. The second kappa shape index (κ2) is 5.27. The Bertz CT molecular complexity index is 247. The summed E-state index contributed by atoms with van der Waals surface area (Å²) in [6.07, 6.45) is 0.213. The molecule has 1 atom stereocenters. The maximum Gasteiger partial charge on any atom is 0.193 e. The highest BCUT2D eigenvalue weighted by Crippen LogP contribution is 2.19. The van der Waals surface area contributed by atoms with E-state index in [1.807, 2.05) is 6.92 Å². The van der Waals surface area contributed by atoms with Crippen molar-refractivity contribution in [3.63, 3.8) is 0 Å². The molecular weight excluding hydrogens is 192 g/mol. The van der Waals surface area contributed by atoms with Gasteiger partial charge in [0.2, 0.25) is 0 Å². The first-order valence-electron chi connectivity index (χ1n) is 4.25. The van der Waals surface area contributed by atoms with Gasteiger partial charge >= 0.3 is 0 Å². The predicted molar refractivity (Wildman–Crippen MR) is 49.8 cm³/mol. The Morgan fingerprint density at radius 1 is 1.62 bits per heavy atom. The first kappa shape index (κ1) is 10.6. The lowest BCUT2D eigenvalue weighted by atomic mass is 10.3. The summed E-state index contributed by atoms with van der Waals surface area (Å²) in [4.78, 5) is 0. The minimum absolute atomic E-state index is 0.248. The van der Waals surface area contributed by atoms with Crippen LogP contribution in [0.25, 0.3) is 0 Å². The van der Waals surface area contributed by atoms with E-state index in [1.54, 1.807) is 12.1 Å². The minimum atomic E-state index is -0.723. The summed E-state index contributed by atoms with van der Waals surface area (Å²) in [5.41, 5.74) is 0. The van der Waals surface area contributed by atoms with Gasteiger partial charge in [-0.25, -0.2) is 0 Å². The summed E-state index contributed by atoms with van der Waals surface area (Å²) in [6, 6.07) is 3.24. The van der Waals surface area contributed by atoms with Gasteiger partial charge in [0.25, 0.3) is 0 Å². The molecule has 1 aromatic rings. The Balaban J connectivity index is 2.35. The number of aliphatic hydroxyl groups excluding tert-OH is 1. The molecule has 3 nitrogen and oxygen atoms in total. The summed E-state index contributed by atoms with van der Waals surface area (Å²) in [5.74, 6) is 0.445. The molecular formula is C9H13ClO3. The van der Waals surface area contributed by atoms with Crippen LogP contribution in [0.2, 0.25) is 5.22 Å². The summed E-state index contributed by atoms with van der Waals surface area (Å²) in [6.45, 7) is 2.90. The van der Waals surface area contributed by atoms with Crippen LogP contribution < -0.4 is 0 Å². The van der Waals surface area contributed by atoms with Crippen LogP contribution in [-0.2, 0) is 4.74 Å². The van der Waals surface area contributed by atoms with E-state index in [-0.39, 0.29) is 11.8 Å². The fourth-order valence-corrected chi connectivity index (χ4v) is 1.08. The maximum absolute atomic E-state index is 9.48. The van der Waals surface area contributed by atoms with E-state index in [0.29, 0.717) is 12.4 Å². The minimum Gasteiger partial charge on any atom is -0.447 e. The SMILES string of the molecule is CCCOCC(O)c1ccc(Cl)o1. The number of halogens is 1. The topological polar surface area (TPSA) is 42.6 Å². The number of rotatable bonds is 5. The number of hydrogen-bond donors (Lipinski definition) is 1. The molecule has 0 radical (unpaired) electrons. The average Bonchev–Trinajstić information content (AvgIpc) is 2.52. The van der Waals surface area contributed by atoms with Crippen molar-refractivity contribution in [2.24, 2.45) is 0 Å². The van der Waals surface area contributed by atoms with Crippen molar-refractivity contribution in [2.75, 3.05) is 13.2 Å². The number of ether oxygens (including phenoxy) is 1. The number of furan rings is 1. The van der Waals surface area contributed by atoms with E-state index >= 15 is 0 Å². The Labute approximate surface area is 82.3 Å². The van der Waals surface area contributed by atoms with Crippen LogP contribution in [0.1, 0.15) is 25.2 Å². The van der Waals surface area contributed by atoms with Crippen LogP contribution in [0.5, 0.6) is 0 Å². The fraction of sp³-hybridized carbons (Fsp3) is 0.556. The lowest BCUT2D eigenvalue weighted by Gasteiger charge is -2.07. The zero-order valence-corrected chi connectivity index (χ0v) is 8.25. The third-order valence-corrected chi connectivity index (χ3v) is 1.75. The summed E-state index contributed by atoms with van der Waals surface area (Å²) in [5, 5.41) is 9.77. The Morgan fingerprint density at radius 2 is 2.38 bits per heavy atom. The molecule has 0 bridgehead atoms. The molecule has 0 fully saturated rings. The first-order valence-corrected chi connectivity index (χ1v) is 4.63. The molecule has 0 amide bonds. The van der Waals surface area contributed by atoms with Gasteiger partial charge in [0.1, 0.15) is 11.9 Å². The molecule has 1 heterocycles. The Morgan fingerprint density at radius 3 is 2.92 bits per heavy atom. The third-order valence-electron chi connectivity index (χ3n) is 1.55. The van der Waals surface area contributed by atoms with E-state index in [1.165, 1.54) is 0 Å². The molecule has 0 aromatic carbocycles. The van der Waals surface area contributed by atoms with Crippen molar-refractivity contribution in [3.05, 3.63) is 23.1 Å². The molecule has 1 aromatic heterocycles. The molecule has 0 aliphatic rings. The van der Waals surface area contributed by atoms with Crippen LogP contribution in [0.4, 0.5) is 0 Å². The van der Waals surface area contributed by atoms with Crippen molar-refractivity contribution in [2.45, 2.75) is 19.4 Å². The normalized spacial score (nSPS) is 13.2. The van der Waals surface area contributed by atoms with Crippen molar-refractivity contribution < 1.29 is 14.3 Å². The number of hydrogen-bond acceptors (Lipinski definition) is 3. The van der Waals surface area contributed by atoms with E-state index in [0.717, 1.165) is 6.42 Å². The quantitative estimate of drug-likeness (QED) is 0.749. The van der Waals surface area contributed by atoms with Gasteiger partial charge < -0.3 is 14.3 Å². The van der Waals surface area contributed by atoms with Gasteiger partial charge in [0.05, 0.1) is 6.61 Å². The Hall–Kier alpha value is -0.510. The van der Waals surface area contributed by atoms with Crippen molar-refractivity contribution in [3.8, 4) is 0 Å². The van der Waals surface area contributed by atoms with Gasteiger partial charge in [-0.15, -0.1) is 0 Å². The molecule has 74 valence electrons. The molecule has 0 saturated carbocycles. The lowest BCUT2D eigenvalue weighted by molar-refractivity contribution is 0.0254. The summed E-state index contributed by atoms with van der Waals surface area (Å²) < 4.78 is 10.2. The van der Waals surface area contributed by atoms with Crippen molar-refractivity contribution in [1.29, 1.82) is 0 Å². The molecule has 0 aliphatic heterocycles. The van der Waals surface area contributed by atoms with Gasteiger partial charge in [0, 0.05) is 6.61 Å². The van der Waals surface area contributed by atoms with Crippen LogP contribution in [-0.4, -0.2) is 18.3 Å². The van der Waals surface area contributed by atoms with Gasteiger partial charge in [-0.3, -0.25) is 0 Å². The molecule has 13 heavy (non-hydrogen) atoms. The number of aliphatic hydroxyl groups is 1. The van der Waals surface area contributed by atoms with E-state index in [4.69, 9.17) is 20.8 Å². The molecule has 1 unspecified atom stereocenters. The fourth-order valence-electron chi connectivity index (χ4n) is 0.929. The van der Waals surface area contributed by atoms with Crippen LogP contribution in [0.15, 0.2) is 16.5 Å². The zero-order valence-electron chi connectivity index (χ0n) is 7.50. The molecule has 0 saturated heterocycles.